The van der Waals surface area contributed by atoms with E-state index < -0.39 is 23.6 Å². The van der Waals surface area contributed by atoms with Crippen LogP contribution in [0.3, 0.4) is 0 Å². The second kappa shape index (κ2) is 25.5. The van der Waals surface area contributed by atoms with Gasteiger partial charge < -0.3 is 54.4 Å². The molecule has 4 heterocycles. The Hall–Kier alpha value is -5.95. The van der Waals surface area contributed by atoms with E-state index >= 15 is 8.78 Å². The number of halogens is 2. The highest BCUT2D eigenvalue weighted by atomic mass is 19.1. The summed E-state index contributed by atoms with van der Waals surface area (Å²) in [5.74, 6) is -0.579. The third-order valence-corrected chi connectivity index (χ3v) is 11.1. The molecule has 1 unspecified atom stereocenters. The van der Waals surface area contributed by atoms with E-state index in [4.69, 9.17) is 14.2 Å². The minimum Gasteiger partial charge on any atom is -0.486 e. The number of ether oxygens (including phenoxy) is 3. The minimum atomic E-state index is -0.790. The van der Waals surface area contributed by atoms with Crippen LogP contribution in [0.15, 0.2) is 54.9 Å². The average molecular weight is 902 g/mol. The van der Waals surface area contributed by atoms with E-state index in [0.717, 1.165) is 44.2 Å². The number of aldehydes is 3. The summed E-state index contributed by atoms with van der Waals surface area (Å²) in [5.41, 5.74) is 2.75. The van der Waals surface area contributed by atoms with Crippen LogP contribution in [0.5, 0.6) is 5.75 Å². The van der Waals surface area contributed by atoms with Gasteiger partial charge in [0.1, 0.15) is 30.7 Å². The highest BCUT2D eigenvalue weighted by molar-refractivity contribution is 6.06. The number of likely N-dealkylation sites (tertiary alicyclic amines) is 1. The zero-order valence-electron chi connectivity index (χ0n) is 37.9. The van der Waals surface area contributed by atoms with Crippen molar-refractivity contribution >= 4 is 47.9 Å². The molecular formula is C47H61F2N9O7. The predicted molar refractivity (Wildman–Crippen MR) is 245 cm³/mol. The van der Waals surface area contributed by atoms with Crippen molar-refractivity contribution in [2.45, 2.75) is 57.5 Å². The first-order valence-corrected chi connectivity index (χ1v) is 22.0. The maximum atomic E-state index is 15.1. The number of carbonyl (C=O) groups excluding carboxylic acids is 4. The second-order valence-corrected chi connectivity index (χ2v) is 16.0. The average Bonchev–Trinajstić information content (AvgIpc) is 3.31. The molecular weight excluding hydrogens is 841 g/mol. The quantitative estimate of drug-likeness (QED) is 0.0640. The minimum absolute atomic E-state index is 0.0269. The van der Waals surface area contributed by atoms with Crippen molar-refractivity contribution in [3.63, 3.8) is 0 Å². The van der Waals surface area contributed by atoms with Gasteiger partial charge in [0.25, 0.3) is 5.91 Å². The van der Waals surface area contributed by atoms with Crippen LogP contribution in [0.25, 0.3) is 11.3 Å². The number of piperidine rings is 1. The molecule has 3 N–H and O–H groups in total. The van der Waals surface area contributed by atoms with E-state index in [1.54, 1.807) is 18.2 Å². The maximum Gasteiger partial charge on any atom is 0.257 e. The molecule has 1 fully saturated rings. The number of benzene rings is 2. The molecule has 0 radical (unpaired) electrons. The van der Waals surface area contributed by atoms with Gasteiger partial charge in [-0.3, -0.25) is 9.59 Å². The van der Waals surface area contributed by atoms with Crippen molar-refractivity contribution in [1.29, 1.82) is 0 Å². The fraction of sp³-hybridized carbons (Fsp3) is 0.468. The number of aromatic nitrogens is 3. The Bertz CT molecular complexity index is 2170. The Morgan fingerprint density at radius 1 is 0.969 bits per heavy atom. The number of anilines is 4. The Kier molecular flexibility index (Phi) is 19.6. The van der Waals surface area contributed by atoms with Crippen LogP contribution in [-0.2, 0) is 19.1 Å². The SMILES string of the molecule is CC(C)N1CCOc2c(F)cc(-c3nc(Nc4ccc(C5CCN(CCOCCOCCNc6cccc(C=O)c6C(=O)N(C)C(C=O)CCC=O)CC5)cn4)ncc3F)cc21.CNC. The summed E-state index contributed by atoms with van der Waals surface area (Å²) in [6, 6.07) is 11.0. The number of likely N-dealkylation sites (N-methyl/N-ethyl adjacent to an activating group) is 1. The summed E-state index contributed by atoms with van der Waals surface area (Å²) in [6.45, 7) is 9.72. The Morgan fingerprint density at radius 2 is 1.72 bits per heavy atom. The lowest BCUT2D eigenvalue weighted by Crippen LogP contribution is -2.39. The first kappa shape index (κ1) is 50.1. The van der Waals surface area contributed by atoms with E-state index in [9.17, 15) is 19.2 Å². The molecule has 2 aliphatic rings. The van der Waals surface area contributed by atoms with Crippen LogP contribution in [-0.4, -0.2) is 149 Å². The lowest BCUT2D eigenvalue weighted by atomic mass is 9.90. The van der Waals surface area contributed by atoms with E-state index in [0.29, 0.717) is 88.1 Å². The van der Waals surface area contributed by atoms with Crippen LogP contribution in [0, 0.1) is 11.6 Å². The standard InChI is InChI=1S/C45H54F2N8O7.C2H7N/c1-30(2)55-17-21-62-43-36(46)24-34(25-39(43)55)42-37(47)27-50-45(52-42)51-40-10-9-32(26-49-40)31-11-14-54(15-12-31)16-20-61-23-22-60-19-13-48-38-8-4-6-33(28-57)41(38)44(59)53(3)35(29-58)7-5-18-56;1-3-2/h4,6,8-10,18,24-31,35,48H,5,7,11-17,19-23H2,1-3H3,(H,49,50,51,52);3H,1-2H3. The predicted octanol–water partition coefficient (Wildman–Crippen LogP) is 5.76. The number of hydrogen-bond acceptors (Lipinski definition) is 15. The first-order valence-electron chi connectivity index (χ1n) is 22.0. The second-order valence-electron chi connectivity index (χ2n) is 16.0. The summed E-state index contributed by atoms with van der Waals surface area (Å²) in [5, 5.41) is 8.96. The van der Waals surface area contributed by atoms with Crippen LogP contribution in [0.4, 0.5) is 31.9 Å². The van der Waals surface area contributed by atoms with E-state index in [2.05, 4.69) is 35.8 Å². The topological polar surface area (TPSA) is 180 Å². The molecule has 1 saturated heterocycles. The molecule has 2 aliphatic heterocycles. The van der Waals surface area contributed by atoms with Gasteiger partial charge in [-0.1, -0.05) is 18.2 Å². The number of fused-ring (bicyclic) bond motifs is 1. The summed E-state index contributed by atoms with van der Waals surface area (Å²) in [7, 11) is 5.23. The first-order chi connectivity index (χ1) is 31.5. The highest BCUT2D eigenvalue weighted by Crippen LogP contribution is 2.39. The van der Waals surface area contributed by atoms with Gasteiger partial charge in [0.2, 0.25) is 5.95 Å². The van der Waals surface area contributed by atoms with Crippen molar-refractivity contribution in [1.82, 2.24) is 30.1 Å². The third-order valence-electron chi connectivity index (χ3n) is 11.1. The zero-order chi connectivity index (χ0) is 46.7. The van der Waals surface area contributed by atoms with E-state index in [1.807, 2.05) is 51.2 Å². The lowest BCUT2D eigenvalue weighted by Gasteiger charge is -2.34. The van der Waals surface area contributed by atoms with Gasteiger partial charge in [-0.15, -0.1) is 0 Å². The largest absolute Gasteiger partial charge is 0.486 e. The molecule has 2 aromatic carbocycles. The molecule has 2 aromatic heterocycles. The number of nitrogens with one attached hydrogen (secondary N) is 3. The lowest BCUT2D eigenvalue weighted by molar-refractivity contribution is -0.112. The molecule has 1 amide bonds. The van der Waals surface area contributed by atoms with Crippen LogP contribution in [0.1, 0.15) is 71.7 Å². The summed E-state index contributed by atoms with van der Waals surface area (Å²) in [6.07, 6.45) is 7.11. The Balaban J connectivity index is 0.00000257. The van der Waals surface area contributed by atoms with Gasteiger partial charge >= 0.3 is 0 Å². The van der Waals surface area contributed by atoms with E-state index in [-0.39, 0.29) is 53.0 Å². The number of hydrogen-bond donors (Lipinski definition) is 3. The molecule has 65 heavy (non-hydrogen) atoms. The fourth-order valence-corrected chi connectivity index (χ4v) is 7.68. The molecule has 0 saturated carbocycles. The van der Waals surface area contributed by atoms with Gasteiger partial charge in [-0.25, -0.2) is 23.7 Å². The molecule has 0 spiro atoms. The summed E-state index contributed by atoms with van der Waals surface area (Å²) in [4.78, 5) is 66.2. The number of amides is 1. The number of pyridine rings is 1. The monoisotopic (exact) mass is 901 g/mol. The smallest absolute Gasteiger partial charge is 0.257 e. The van der Waals surface area contributed by atoms with Crippen molar-refractivity contribution in [2.24, 2.45) is 0 Å². The normalized spacial score (nSPS) is 14.4. The number of nitrogens with zero attached hydrogens (tertiary/aromatic N) is 6. The maximum absolute atomic E-state index is 15.1. The Labute approximate surface area is 379 Å². The summed E-state index contributed by atoms with van der Waals surface area (Å²) < 4.78 is 47.3. The third kappa shape index (κ3) is 13.8. The van der Waals surface area contributed by atoms with Crippen LogP contribution < -0.4 is 25.6 Å². The van der Waals surface area contributed by atoms with Gasteiger partial charge in [-0.05, 0) is 96.0 Å². The molecule has 1 atom stereocenters. The summed E-state index contributed by atoms with van der Waals surface area (Å²) >= 11 is 0. The molecule has 18 heteroatoms. The van der Waals surface area contributed by atoms with Crippen molar-refractivity contribution in [3.8, 4) is 17.0 Å². The molecule has 16 nitrogen and oxygen atoms in total. The molecule has 6 rings (SSSR count). The van der Waals surface area contributed by atoms with Crippen molar-refractivity contribution in [2.75, 3.05) is 102 Å². The van der Waals surface area contributed by atoms with Gasteiger partial charge in [0, 0.05) is 55.6 Å². The van der Waals surface area contributed by atoms with Gasteiger partial charge in [0.05, 0.1) is 56.5 Å². The van der Waals surface area contributed by atoms with Gasteiger partial charge in [-0.2, -0.15) is 0 Å². The molecule has 0 aliphatic carbocycles. The molecule has 350 valence electrons. The molecule has 0 bridgehead atoms. The molecule has 4 aromatic rings. The van der Waals surface area contributed by atoms with Crippen LogP contribution >= 0.6 is 0 Å². The van der Waals surface area contributed by atoms with Crippen molar-refractivity contribution in [3.05, 3.63) is 83.2 Å². The fourth-order valence-electron chi connectivity index (χ4n) is 7.68. The number of rotatable bonds is 22. The Morgan fingerprint density at radius 3 is 2.40 bits per heavy atom. The van der Waals surface area contributed by atoms with E-state index in [1.165, 1.54) is 24.1 Å². The zero-order valence-corrected chi connectivity index (χ0v) is 37.9. The van der Waals surface area contributed by atoms with Crippen molar-refractivity contribution < 1.29 is 42.2 Å². The van der Waals surface area contributed by atoms with Crippen LogP contribution in [0.2, 0.25) is 0 Å². The number of carbonyl (C=O) groups is 4. The highest BCUT2D eigenvalue weighted by Gasteiger charge is 2.27. The van der Waals surface area contributed by atoms with Gasteiger partial charge in [0.15, 0.2) is 23.7 Å².